The number of esters is 1. The summed E-state index contributed by atoms with van der Waals surface area (Å²) in [6.45, 7) is 12.4. The van der Waals surface area contributed by atoms with Crippen molar-refractivity contribution in [2.45, 2.75) is 40.5 Å². The molecule has 1 atom stereocenters. The lowest BCUT2D eigenvalue weighted by atomic mass is 9.98. The molecule has 0 spiro atoms. The molecule has 2 heteroatoms. The van der Waals surface area contributed by atoms with E-state index in [1.54, 1.807) is 6.08 Å². The summed E-state index contributed by atoms with van der Waals surface area (Å²) in [6.07, 6.45) is 7.03. The topological polar surface area (TPSA) is 26.3 Å². The minimum absolute atomic E-state index is 0.174. The lowest BCUT2D eigenvalue weighted by molar-refractivity contribution is -0.143. The van der Waals surface area contributed by atoms with Crippen LogP contribution in [0.25, 0.3) is 0 Å². The zero-order valence-electron chi connectivity index (χ0n) is 11.5. The molecular formula is C15H24O2. The third kappa shape index (κ3) is 8.49. The first kappa shape index (κ1) is 15.7. The summed E-state index contributed by atoms with van der Waals surface area (Å²) in [5.41, 5.74) is 2.33. The van der Waals surface area contributed by atoms with Gasteiger partial charge in [0, 0.05) is 5.92 Å². The van der Waals surface area contributed by atoms with E-state index in [9.17, 15) is 4.79 Å². The van der Waals surface area contributed by atoms with Crippen molar-refractivity contribution >= 4 is 5.97 Å². The van der Waals surface area contributed by atoms with Crippen LogP contribution < -0.4 is 0 Å². The SMILES string of the molecule is C=C(C)C(CC=C(C)C)COC(=O)CC=CC. The van der Waals surface area contributed by atoms with Gasteiger partial charge in [0.1, 0.15) is 0 Å². The van der Waals surface area contributed by atoms with Crippen LogP contribution in [-0.4, -0.2) is 12.6 Å². The van der Waals surface area contributed by atoms with Gasteiger partial charge in [-0.25, -0.2) is 0 Å². The van der Waals surface area contributed by atoms with Crippen LogP contribution in [0.3, 0.4) is 0 Å². The van der Waals surface area contributed by atoms with Gasteiger partial charge in [0.2, 0.25) is 0 Å². The first-order chi connectivity index (χ1) is 7.97. The molecule has 0 fully saturated rings. The third-order valence-corrected chi connectivity index (χ3v) is 2.47. The number of rotatable bonds is 7. The molecule has 0 aliphatic rings. The van der Waals surface area contributed by atoms with Crippen LogP contribution in [0.1, 0.15) is 40.5 Å². The van der Waals surface area contributed by atoms with Crippen LogP contribution >= 0.6 is 0 Å². The van der Waals surface area contributed by atoms with Crippen molar-refractivity contribution in [3.8, 4) is 0 Å². The van der Waals surface area contributed by atoms with Crippen molar-refractivity contribution in [2.24, 2.45) is 5.92 Å². The van der Waals surface area contributed by atoms with Crippen LogP contribution in [0.15, 0.2) is 36.0 Å². The van der Waals surface area contributed by atoms with E-state index in [0.29, 0.717) is 13.0 Å². The van der Waals surface area contributed by atoms with Gasteiger partial charge in [-0.2, -0.15) is 0 Å². The molecule has 0 amide bonds. The fraction of sp³-hybridized carbons (Fsp3) is 0.533. The fourth-order valence-corrected chi connectivity index (χ4v) is 1.26. The standard InChI is InChI=1S/C15H24O2/c1-6-7-8-15(16)17-11-14(13(4)5)10-9-12(2)3/h6-7,9,14H,4,8,10-11H2,1-3,5H3. The molecule has 0 saturated heterocycles. The second-order valence-corrected chi connectivity index (χ2v) is 4.52. The largest absolute Gasteiger partial charge is 0.465 e. The minimum atomic E-state index is -0.174. The Kier molecular flexibility index (Phi) is 8.12. The Morgan fingerprint density at radius 2 is 2.00 bits per heavy atom. The zero-order valence-corrected chi connectivity index (χ0v) is 11.5. The predicted molar refractivity (Wildman–Crippen MR) is 72.7 cm³/mol. The van der Waals surface area contributed by atoms with Crippen LogP contribution in [0, 0.1) is 5.92 Å². The van der Waals surface area contributed by atoms with E-state index < -0.39 is 0 Å². The number of carbonyl (C=O) groups excluding carboxylic acids is 1. The number of allylic oxidation sites excluding steroid dienone is 3. The van der Waals surface area contributed by atoms with E-state index in [4.69, 9.17) is 4.74 Å². The maximum atomic E-state index is 11.3. The quantitative estimate of drug-likeness (QED) is 0.492. The van der Waals surface area contributed by atoms with Crippen molar-refractivity contribution < 1.29 is 9.53 Å². The normalized spacial score (nSPS) is 12.2. The number of ether oxygens (including phenoxy) is 1. The second kappa shape index (κ2) is 8.80. The van der Waals surface area contributed by atoms with Crippen molar-refractivity contribution in [1.82, 2.24) is 0 Å². The zero-order chi connectivity index (χ0) is 13.3. The van der Waals surface area contributed by atoms with Crippen molar-refractivity contribution in [2.75, 3.05) is 6.61 Å². The van der Waals surface area contributed by atoms with Gasteiger partial charge in [0.15, 0.2) is 0 Å². The molecule has 17 heavy (non-hydrogen) atoms. The first-order valence-corrected chi connectivity index (χ1v) is 6.03. The molecule has 0 rings (SSSR count). The Morgan fingerprint density at radius 1 is 1.35 bits per heavy atom. The molecule has 0 heterocycles. The fourth-order valence-electron chi connectivity index (χ4n) is 1.26. The Balaban J connectivity index is 4.14. The molecule has 0 aliphatic carbocycles. The average Bonchev–Trinajstić information content (AvgIpc) is 2.25. The summed E-state index contributed by atoms with van der Waals surface area (Å²) < 4.78 is 5.22. The summed E-state index contributed by atoms with van der Waals surface area (Å²) >= 11 is 0. The average molecular weight is 236 g/mol. The Hall–Kier alpha value is -1.31. The molecule has 0 N–H and O–H groups in total. The van der Waals surface area contributed by atoms with E-state index in [-0.39, 0.29) is 11.9 Å². The van der Waals surface area contributed by atoms with Gasteiger partial charge in [-0.3, -0.25) is 4.79 Å². The van der Waals surface area contributed by atoms with Crippen LogP contribution in [0.5, 0.6) is 0 Å². The summed E-state index contributed by atoms with van der Waals surface area (Å²) in [5, 5.41) is 0. The highest BCUT2D eigenvalue weighted by molar-refractivity contribution is 5.71. The Morgan fingerprint density at radius 3 is 2.47 bits per heavy atom. The van der Waals surface area contributed by atoms with E-state index in [0.717, 1.165) is 12.0 Å². The lowest BCUT2D eigenvalue weighted by Crippen LogP contribution is -2.14. The van der Waals surface area contributed by atoms with E-state index in [1.165, 1.54) is 5.57 Å². The molecule has 2 nitrogen and oxygen atoms in total. The highest BCUT2D eigenvalue weighted by Crippen LogP contribution is 2.15. The maximum Gasteiger partial charge on any atom is 0.309 e. The monoisotopic (exact) mass is 236 g/mol. The minimum Gasteiger partial charge on any atom is -0.465 e. The molecule has 0 aromatic heterocycles. The molecule has 0 bridgehead atoms. The maximum absolute atomic E-state index is 11.3. The van der Waals surface area contributed by atoms with Crippen molar-refractivity contribution in [3.63, 3.8) is 0 Å². The molecular weight excluding hydrogens is 212 g/mol. The molecule has 0 radical (unpaired) electrons. The molecule has 0 saturated carbocycles. The van der Waals surface area contributed by atoms with Crippen molar-refractivity contribution in [1.29, 1.82) is 0 Å². The van der Waals surface area contributed by atoms with Gasteiger partial charge in [-0.1, -0.05) is 36.0 Å². The third-order valence-electron chi connectivity index (χ3n) is 2.47. The van der Waals surface area contributed by atoms with Gasteiger partial charge >= 0.3 is 5.97 Å². The van der Waals surface area contributed by atoms with E-state index in [1.807, 2.05) is 19.9 Å². The smallest absolute Gasteiger partial charge is 0.309 e. The molecule has 0 aromatic carbocycles. The van der Waals surface area contributed by atoms with Gasteiger partial charge in [0.25, 0.3) is 0 Å². The van der Waals surface area contributed by atoms with E-state index >= 15 is 0 Å². The highest BCUT2D eigenvalue weighted by atomic mass is 16.5. The first-order valence-electron chi connectivity index (χ1n) is 6.03. The number of hydrogen-bond acceptors (Lipinski definition) is 2. The molecule has 1 unspecified atom stereocenters. The number of hydrogen-bond donors (Lipinski definition) is 0. The van der Waals surface area contributed by atoms with Gasteiger partial charge in [-0.05, 0) is 34.1 Å². The summed E-state index contributed by atoms with van der Waals surface area (Å²) in [4.78, 5) is 11.3. The van der Waals surface area contributed by atoms with Gasteiger partial charge < -0.3 is 4.74 Å². The van der Waals surface area contributed by atoms with Crippen LogP contribution in [0.4, 0.5) is 0 Å². The molecule has 96 valence electrons. The highest BCUT2D eigenvalue weighted by Gasteiger charge is 2.10. The van der Waals surface area contributed by atoms with E-state index in [2.05, 4.69) is 26.5 Å². The summed E-state index contributed by atoms with van der Waals surface area (Å²) in [5.74, 6) is 0.0472. The lowest BCUT2D eigenvalue weighted by Gasteiger charge is -2.15. The van der Waals surface area contributed by atoms with Crippen LogP contribution in [0.2, 0.25) is 0 Å². The molecule has 0 aromatic rings. The predicted octanol–water partition coefficient (Wildman–Crippen LogP) is 4.04. The number of carbonyl (C=O) groups is 1. The van der Waals surface area contributed by atoms with Gasteiger partial charge in [0.05, 0.1) is 13.0 Å². The summed E-state index contributed by atoms with van der Waals surface area (Å²) in [6, 6.07) is 0. The van der Waals surface area contributed by atoms with Crippen LogP contribution in [-0.2, 0) is 9.53 Å². The van der Waals surface area contributed by atoms with Gasteiger partial charge in [-0.15, -0.1) is 0 Å². The Bertz CT molecular complexity index is 307. The summed E-state index contributed by atoms with van der Waals surface area (Å²) in [7, 11) is 0. The van der Waals surface area contributed by atoms with Crippen molar-refractivity contribution in [3.05, 3.63) is 36.0 Å². The Labute approximate surface area is 105 Å². The second-order valence-electron chi connectivity index (χ2n) is 4.52. The molecule has 0 aliphatic heterocycles.